The fourth-order valence-electron chi connectivity index (χ4n) is 2.75. The molecule has 0 N–H and O–H groups in total. The van der Waals surface area contributed by atoms with Gasteiger partial charge < -0.3 is 9.15 Å². The number of fused-ring (bicyclic) bond motifs is 1. The minimum atomic E-state index is -0.527. The van der Waals surface area contributed by atoms with E-state index < -0.39 is 11.6 Å². The summed E-state index contributed by atoms with van der Waals surface area (Å²) in [5, 5.41) is 16.5. The van der Waals surface area contributed by atoms with Crippen LogP contribution in [-0.2, 0) is 29.1 Å². The van der Waals surface area contributed by atoms with Crippen LogP contribution in [0.5, 0.6) is 0 Å². The van der Waals surface area contributed by atoms with Gasteiger partial charge in [0.05, 0.1) is 0 Å². The van der Waals surface area contributed by atoms with E-state index in [1.54, 1.807) is 0 Å². The van der Waals surface area contributed by atoms with Crippen molar-refractivity contribution in [2.45, 2.75) is 26.5 Å². The van der Waals surface area contributed by atoms with Crippen molar-refractivity contribution in [3.63, 3.8) is 0 Å². The number of tetrazole rings is 1. The Kier molecular flexibility index (Phi) is 4.98. The molecule has 0 amide bonds. The number of hydrogen-bond acceptors (Lipinski definition) is 8. The summed E-state index contributed by atoms with van der Waals surface area (Å²) < 4.78 is 10.6. The van der Waals surface area contributed by atoms with Gasteiger partial charge in [-0.1, -0.05) is 19.1 Å². The molecule has 0 atom stereocenters. The van der Waals surface area contributed by atoms with Crippen LogP contribution in [-0.4, -0.2) is 26.2 Å². The molecule has 0 fully saturated rings. The highest BCUT2D eigenvalue weighted by Gasteiger charge is 2.13. The van der Waals surface area contributed by atoms with E-state index in [0.717, 1.165) is 22.9 Å². The number of ether oxygens (including phenoxy) is 1. The minimum absolute atomic E-state index is 0.0432. The quantitative estimate of drug-likeness (QED) is 0.365. The van der Waals surface area contributed by atoms with E-state index in [2.05, 4.69) is 15.4 Å². The van der Waals surface area contributed by atoms with Gasteiger partial charge in [-0.3, -0.25) is 0 Å². The lowest BCUT2D eigenvalue weighted by Gasteiger charge is -2.07. The average Bonchev–Trinajstić information content (AvgIpc) is 3.37. The monoisotopic (exact) mass is 396 g/mol. The number of carbonyl (C=O) groups excluding carboxylic acids is 1. The zero-order valence-electron chi connectivity index (χ0n) is 15.0. The molecule has 3 heterocycles. The van der Waals surface area contributed by atoms with Crippen molar-refractivity contribution in [2.24, 2.45) is 0 Å². The lowest BCUT2D eigenvalue weighted by molar-refractivity contribution is -0.146. The molecule has 28 heavy (non-hydrogen) atoms. The second-order valence-electron chi connectivity index (χ2n) is 6.09. The summed E-state index contributed by atoms with van der Waals surface area (Å²) in [6.45, 7) is 1.81. The van der Waals surface area contributed by atoms with E-state index in [4.69, 9.17) is 9.15 Å². The Bertz CT molecular complexity index is 1180. The van der Waals surface area contributed by atoms with Crippen LogP contribution < -0.4 is 5.63 Å². The molecular formula is C19H16N4O4S. The molecule has 0 bridgehead atoms. The van der Waals surface area contributed by atoms with Crippen molar-refractivity contribution in [3.8, 4) is 11.4 Å². The Labute approximate surface area is 163 Å². The first kappa shape index (κ1) is 18.1. The smallest absolute Gasteiger partial charge is 0.336 e. The van der Waals surface area contributed by atoms with Crippen LogP contribution in [0.4, 0.5) is 0 Å². The highest BCUT2D eigenvalue weighted by molar-refractivity contribution is 7.08. The number of nitrogens with zero attached hydrogens (tertiary/aromatic N) is 4. The van der Waals surface area contributed by atoms with Gasteiger partial charge in [0.1, 0.15) is 12.2 Å². The first-order valence-corrected chi connectivity index (χ1v) is 9.58. The molecule has 0 saturated carbocycles. The van der Waals surface area contributed by atoms with Crippen molar-refractivity contribution in [1.29, 1.82) is 0 Å². The third kappa shape index (κ3) is 3.84. The van der Waals surface area contributed by atoms with E-state index in [1.165, 1.54) is 22.2 Å². The van der Waals surface area contributed by atoms with Gasteiger partial charge in [-0.05, 0) is 34.7 Å². The second kappa shape index (κ2) is 7.73. The predicted octanol–water partition coefficient (Wildman–Crippen LogP) is 2.81. The summed E-state index contributed by atoms with van der Waals surface area (Å²) in [6.07, 6.45) is 0.830. The molecule has 0 unspecified atom stereocenters. The molecule has 0 aliphatic carbocycles. The summed E-state index contributed by atoms with van der Waals surface area (Å²) in [7, 11) is 0. The number of aryl methyl sites for hydroxylation is 1. The Morgan fingerprint density at radius 1 is 1.29 bits per heavy atom. The molecule has 3 aromatic heterocycles. The zero-order chi connectivity index (χ0) is 19.5. The number of esters is 1. The van der Waals surface area contributed by atoms with Crippen LogP contribution in [0.2, 0.25) is 0 Å². The van der Waals surface area contributed by atoms with Gasteiger partial charge in [0.15, 0.2) is 6.54 Å². The fraction of sp³-hybridized carbons (Fsp3) is 0.211. The van der Waals surface area contributed by atoms with E-state index in [9.17, 15) is 9.59 Å². The van der Waals surface area contributed by atoms with Gasteiger partial charge in [0.25, 0.3) is 0 Å². The van der Waals surface area contributed by atoms with E-state index in [0.29, 0.717) is 17.0 Å². The standard InChI is InChI=1S/C19H16N4O4S/c1-2-12-3-4-15-14(8-17(24)27-16(15)7-12)10-26-18(25)9-23-21-19(20-22-23)13-5-6-28-11-13/h3-8,11H,2,9-10H2,1H3. The number of benzene rings is 1. The maximum atomic E-state index is 12.2. The molecule has 142 valence electrons. The van der Waals surface area contributed by atoms with Gasteiger partial charge in [0.2, 0.25) is 5.82 Å². The van der Waals surface area contributed by atoms with Crippen molar-refractivity contribution < 1.29 is 13.9 Å². The second-order valence-corrected chi connectivity index (χ2v) is 6.87. The van der Waals surface area contributed by atoms with Gasteiger partial charge in [-0.25, -0.2) is 9.59 Å². The van der Waals surface area contributed by atoms with Crippen LogP contribution in [0.1, 0.15) is 18.1 Å². The number of thiophene rings is 1. The lowest BCUT2D eigenvalue weighted by Crippen LogP contribution is -2.16. The number of aromatic nitrogens is 4. The maximum absolute atomic E-state index is 12.2. The molecule has 0 aliphatic heterocycles. The number of carbonyl (C=O) groups is 1. The topological polar surface area (TPSA) is 100 Å². The molecule has 8 nitrogen and oxygen atoms in total. The SMILES string of the molecule is CCc1ccc2c(COC(=O)Cn3nnc(-c4ccsc4)n3)cc(=O)oc2c1. The van der Waals surface area contributed by atoms with Gasteiger partial charge >= 0.3 is 11.6 Å². The lowest BCUT2D eigenvalue weighted by atomic mass is 10.1. The Hall–Kier alpha value is -3.33. The fourth-order valence-corrected chi connectivity index (χ4v) is 3.38. The summed E-state index contributed by atoms with van der Waals surface area (Å²) in [6, 6.07) is 8.86. The van der Waals surface area contributed by atoms with Crippen LogP contribution in [0, 0.1) is 0 Å². The van der Waals surface area contributed by atoms with Gasteiger partial charge in [-0.15, -0.1) is 10.2 Å². The number of rotatable bonds is 6. The third-order valence-electron chi connectivity index (χ3n) is 4.19. The molecule has 0 aliphatic rings. The molecule has 9 heteroatoms. The molecular weight excluding hydrogens is 380 g/mol. The van der Waals surface area contributed by atoms with Crippen molar-refractivity contribution in [2.75, 3.05) is 0 Å². The normalized spacial score (nSPS) is 11.0. The third-order valence-corrected chi connectivity index (χ3v) is 4.88. The highest BCUT2D eigenvalue weighted by atomic mass is 32.1. The molecule has 0 radical (unpaired) electrons. The minimum Gasteiger partial charge on any atom is -0.459 e. The molecule has 0 saturated heterocycles. The molecule has 0 spiro atoms. The molecule has 1 aromatic carbocycles. The van der Waals surface area contributed by atoms with E-state index in [-0.39, 0.29) is 13.2 Å². The summed E-state index contributed by atoms with van der Waals surface area (Å²) >= 11 is 1.53. The zero-order valence-corrected chi connectivity index (χ0v) is 15.8. The maximum Gasteiger partial charge on any atom is 0.336 e. The summed E-state index contributed by atoms with van der Waals surface area (Å²) in [5.41, 5.74) is 2.50. The molecule has 4 rings (SSSR count). The Balaban J connectivity index is 1.46. The van der Waals surface area contributed by atoms with Crippen LogP contribution in [0.25, 0.3) is 22.4 Å². The van der Waals surface area contributed by atoms with Gasteiger partial charge in [0, 0.05) is 28.0 Å². The first-order chi connectivity index (χ1) is 13.6. The summed E-state index contributed by atoms with van der Waals surface area (Å²) in [5.74, 6) is -0.0757. The van der Waals surface area contributed by atoms with Crippen LogP contribution in [0.15, 0.2) is 50.3 Å². The first-order valence-electron chi connectivity index (χ1n) is 8.64. The van der Waals surface area contributed by atoms with E-state index >= 15 is 0 Å². The predicted molar refractivity (Wildman–Crippen MR) is 103 cm³/mol. The summed E-state index contributed by atoms with van der Waals surface area (Å²) in [4.78, 5) is 25.1. The van der Waals surface area contributed by atoms with Gasteiger partial charge in [-0.2, -0.15) is 16.1 Å². The highest BCUT2D eigenvalue weighted by Crippen LogP contribution is 2.20. The van der Waals surface area contributed by atoms with Crippen molar-refractivity contribution >= 4 is 28.3 Å². The van der Waals surface area contributed by atoms with Crippen molar-refractivity contribution in [1.82, 2.24) is 20.2 Å². The van der Waals surface area contributed by atoms with Crippen LogP contribution in [0.3, 0.4) is 0 Å². The Morgan fingerprint density at radius 3 is 2.96 bits per heavy atom. The van der Waals surface area contributed by atoms with Crippen molar-refractivity contribution in [3.05, 3.63) is 62.6 Å². The Morgan fingerprint density at radius 2 is 2.18 bits per heavy atom. The van der Waals surface area contributed by atoms with E-state index in [1.807, 2.05) is 41.9 Å². The van der Waals surface area contributed by atoms with Crippen LogP contribution >= 0.6 is 11.3 Å². The largest absolute Gasteiger partial charge is 0.459 e. The molecule has 4 aromatic rings. The average molecular weight is 396 g/mol. The number of hydrogen-bond donors (Lipinski definition) is 0.